The number of carbonyl (C=O) groups is 2. The monoisotopic (exact) mass is 380 g/mol. The summed E-state index contributed by atoms with van der Waals surface area (Å²) in [4.78, 5) is 26.5. The van der Waals surface area contributed by atoms with Gasteiger partial charge in [-0.1, -0.05) is 37.3 Å². The Labute approximate surface area is 166 Å². The molecule has 5 heteroatoms. The van der Waals surface area contributed by atoms with Gasteiger partial charge in [0.2, 0.25) is 0 Å². The van der Waals surface area contributed by atoms with Crippen LogP contribution in [0.2, 0.25) is 0 Å². The average Bonchev–Trinajstić information content (AvgIpc) is 2.72. The van der Waals surface area contributed by atoms with Gasteiger partial charge >= 0.3 is 5.97 Å². The molecule has 1 unspecified atom stereocenters. The maximum atomic E-state index is 12.4. The summed E-state index contributed by atoms with van der Waals surface area (Å²) in [7, 11) is 1.32. The Balaban J connectivity index is 1.53. The molecule has 2 aromatic rings. The third-order valence-corrected chi connectivity index (χ3v) is 5.17. The van der Waals surface area contributed by atoms with E-state index < -0.39 is 5.97 Å². The van der Waals surface area contributed by atoms with Crippen molar-refractivity contribution in [2.75, 3.05) is 20.2 Å². The first kappa shape index (κ1) is 20.1. The average molecular weight is 380 g/mol. The van der Waals surface area contributed by atoms with Gasteiger partial charge in [0.25, 0.3) is 5.91 Å². The highest BCUT2D eigenvalue weighted by molar-refractivity contribution is 5.97. The number of ether oxygens (including phenoxy) is 1. The molecule has 1 amide bonds. The molecule has 1 aliphatic rings. The van der Waals surface area contributed by atoms with Crippen LogP contribution >= 0.6 is 0 Å². The van der Waals surface area contributed by atoms with Crippen LogP contribution in [-0.4, -0.2) is 37.0 Å². The minimum Gasteiger partial charge on any atom is -0.465 e. The van der Waals surface area contributed by atoms with Gasteiger partial charge in [-0.25, -0.2) is 4.79 Å². The van der Waals surface area contributed by atoms with Crippen LogP contribution in [0, 0.1) is 5.92 Å². The van der Waals surface area contributed by atoms with Gasteiger partial charge < -0.3 is 10.1 Å². The van der Waals surface area contributed by atoms with Gasteiger partial charge in [0.15, 0.2) is 0 Å². The van der Waals surface area contributed by atoms with Crippen LogP contribution in [0.4, 0.5) is 0 Å². The predicted molar refractivity (Wildman–Crippen MR) is 109 cm³/mol. The lowest BCUT2D eigenvalue weighted by Crippen LogP contribution is -2.33. The molecule has 1 saturated heterocycles. The zero-order chi connectivity index (χ0) is 19.9. The summed E-state index contributed by atoms with van der Waals surface area (Å²) in [6, 6.07) is 14.9. The van der Waals surface area contributed by atoms with Crippen molar-refractivity contribution in [3.63, 3.8) is 0 Å². The predicted octanol–water partition coefficient (Wildman–Crippen LogP) is 3.64. The number of likely N-dealkylation sites (tertiary alicyclic amines) is 1. The van der Waals surface area contributed by atoms with Gasteiger partial charge in [-0.2, -0.15) is 0 Å². The third-order valence-electron chi connectivity index (χ3n) is 5.17. The largest absolute Gasteiger partial charge is 0.465 e. The van der Waals surface area contributed by atoms with E-state index in [4.69, 9.17) is 4.74 Å². The second-order valence-corrected chi connectivity index (χ2v) is 7.55. The summed E-state index contributed by atoms with van der Waals surface area (Å²) < 4.78 is 4.70. The second-order valence-electron chi connectivity index (χ2n) is 7.55. The molecule has 5 nitrogen and oxygen atoms in total. The Morgan fingerprint density at radius 3 is 2.54 bits per heavy atom. The number of rotatable bonds is 6. The van der Waals surface area contributed by atoms with Crippen LogP contribution in [0.25, 0.3) is 0 Å². The topological polar surface area (TPSA) is 58.6 Å². The lowest BCUT2D eigenvalue weighted by molar-refractivity contribution is 0.0600. The molecule has 0 saturated carbocycles. The molecule has 1 heterocycles. The SMILES string of the molecule is COC(=O)c1cccc(C(=O)NCc2ccc(CN3CCCC(C)C3)cc2)c1. The number of benzene rings is 2. The van der Waals surface area contributed by atoms with E-state index in [1.54, 1.807) is 24.3 Å². The van der Waals surface area contributed by atoms with E-state index in [2.05, 4.69) is 41.4 Å². The molecule has 0 aromatic heterocycles. The second kappa shape index (κ2) is 9.51. The van der Waals surface area contributed by atoms with Crippen molar-refractivity contribution in [1.29, 1.82) is 0 Å². The standard InChI is InChI=1S/C23H28N2O3/c1-17-5-4-12-25(15-17)16-19-10-8-18(9-11-19)14-24-22(26)20-6-3-7-21(13-20)23(27)28-2/h3,6-11,13,17H,4-5,12,14-16H2,1-2H3,(H,24,26). The number of esters is 1. The van der Waals surface area contributed by atoms with E-state index in [1.165, 1.54) is 38.6 Å². The molecule has 1 aliphatic heterocycles. The molecule has 0 spiro atoms. The van der Waals surface area contributed by atoms with Crippen molar-refractivity contribution in [3.05, 3.63) is 70.8 Å². The van der Waals surface area contributed by atoms with Crippen molar-refractivity contribution in [3.8, 4) is 0 Å². The van der Waals surface area contributed by atoms with E-state index in [0.29, 0.717) is 17.7 Å². The van der Waals surface area contributed by atoms with Crippen molar-refractivity contribution >= 4 is 11.9 Å². The van der Waals surface area contributed by atoms with Crippen LogP contribution in [0.3, 0.4) is 0 Å². The Bertz CT molecular complexity index is 817. The molecule has 1 atom stereocenters. The van der Waals surface area contributed by atoms with Crippen LogP contribution in [0.15, 0.2) is 48.5 Å². The number of hydrogen-bond acceptors (Lipinski definition) is 4. The lowest BCUT2D eigenvalue weighted by atomic mass is 9.99. The highest BCUT2D eigenvalue weighted by Gasteiger charge is 2.16. The van der Waals surface area contributed by atoms with Crippen molar-refractivity contribution in [2.45, 2.75) is 32.9 Å². The summed E-state index contributed by atoms with van der Waals surface area (Å²) in [6.07, 6.45) is 2.61. The molecule has 2 aromatic carbocycles. The highest BCUT2D eigenvalue weighted by atomic mass is 16.5. The van der Waals surface area contributed by atoms with E-state index in [0.717, 1.165) is 18.0 Å². The van der Waals surface area contributed by atoms with Gasteiger partial charge in [0.1, 0.15) is 0 Å². The first-order chi connectivity index (χ1) is 13.5. The Morgan fingerprint density at radius 1 is 1.11 bits per heavy atom. The maximum absolute atomic E-state index is 12.4. The van der Waals surface area contributed by atoms with Crippen molar-refractivity contribution in [2.24, 2.45) is 5.92 Å². The number of carbonyl (C=O) groups excluding carboxylic acids is 2. The molecular weight excluding hydrogens is 352 g/mol. The summed E-state index contributed by atoms with van der Waals surface area (Å²) in [5, 5.41) is 2.90. The molecule has 0 bridgehead atoms. The number of nitrogens with zero attached hydrogens (tertiary/aromatic N) is 1. The van der Waals surface area contributed by atoms with E-state index in [-0.39, 0.29) is 5.91 Å². The molecule has 3 rings (SSSR count). The summed E-state index contributed by atoms with van der Waals surface area (Å²) in [5.74, 6) is 0.117. The Morgan fingerprint density at radius 2 is 1.82 bits per heavy atom. The van der Waals surface area contributed by atoms with Crippen LogP contribution in [0.5, 0.6) is 0 Å². The van der Waals surface area contributed by atoms with Gasteiger partial charge in [-0.15, -0.1) is 0 Å². The fraction of sp³-hybridized carbons (Fsp3) is 0.391. The molecule has 1 N–H and O–H groups in total. The molecular formula is C23H28N2O3. The third kappa shape index (κ3) is 5.42. The van der Waals surface area contributed by atoms with Gasteiger partial charge in [0, 0.05) is 25.2 Å². The molecule has 0 radical (unpaired) electrons. The number of piperidine rings is 1. The summed E-state index contributed by atoms with van der Waals surface area (Å²) in [5.41, 5.74) is 3.16. The fourth-order valence-electron chi connectivity index (χ4n) is 3.64. The minimum absolute atomic E-state index is 0.211. The fourth-order valence-corrected chi connectivity index (χ4v) is 3.64. The van der Waals surface area contributed by atoms with Crippen molar-refractivity contribution < 1.29 is 14.3 Å². The van der Waals surface area contributed by atoms with E-state index >= 15 is 0 Å². The maximum Gasteiger partial charge on any atom is 0.337 e. The number of nitrogens with one attached hydrogen (secondary N) is 1. The number of methoxy groups -OCH3 is 1. The van der Waals surface area contributed by atoms with Gasteiger partial charge in [-0.05, 0) is 54.6 Å². The van der Waals surface area contributed by atoms with Crippen LogP contribution < -0.4 is 5.32 Å². The first-order valence-corrected chi connectivity index (χ1v) is 9.82. The minimum atomic E-state index is -0.451. The van der Waals surface area contributed by atoms with E-state index in [9.17, 15) is 9.59 Å². The van der Waals surface area contributed by atoms with Crippen molar-refractivity contribution in [1.82, 2.24) is 10.2 Å². The normalized spacial score (nSPS) is 17.1. The van der Waals surface area contributed by atoms with E-state index in [1.807, 2.05) is 0 Å². The molecule has 1 fully saturated rings. The first-order valence-electron chi connectivity index (χ1n) is 9.82. The lowest BCUT2D eigenvalue weighted by Gasteiger charge is -2.30. The zero-order valence-electron chi connectivity index (χ0n) is 16.6. The summed E-state index contributed by atoms with van der Waals surface area (Å²) >= 11 is 0. The Kier molecular flexibility index (Phi) is 6.82. The van der Waals surface area contributed by atoms with Crippen LogP contribution in [-0.2, 0) is 17.8 Å². The number of amides is 1. The highest BCUT2D eigenvalue weighted by Crippen LogP contribution is 2.18. The molecule has 148 valence electrons. The quantitative estimate of drug-likeness (QED) is 0.778. The van der Waals surface area contributed by atoms with Crippen LogP contribution in [0.1, 0.15) is 51.6 Å². The molecule has 0 aliphatic carbocycles. The van der Waals surface area contributed by atoms with Gasteiger partial charge in [0.05, 0.1) is 12.7 Å². The molecule has 28 heavy (non-hydrogen) atoms. The smallest absolute Gasteiger partial charge is 0.337 e. The van der Waals surface area contributed by atoms with Gasteiger partial charge in [-0.3, -0.25) is 9.69 Å². The zero-order valence-corrected chi connectivity index (χ0v) is 16.6. The Hall–Kier alpha value is -2.66. The summed E-state index contributed by atoms with van der Waals surface area (Å²) in [6.45, 7) is 6.09. The number of hydrogen-bond donors (Lipinski definition) is 1.